The third kappa shape index (κ3) is 3.75. The van der Waals surface area contributed by atoms with Crippen molar-refractivity contribution < 1.29 is 4.74 Å². The first-order chi connectivity index (χ1) is 8.45. The molecule has 0 bridgehead atoms. The highest BCUT2D eigenvalue weighted by atomic mass is 16.5. The van der Waals surface area contributed by atoms with Gasteiger partial charge in [-0.15, -0.1) is 0 Å². The van der Waals surface area contributed by atoms with Gasteiger partial charge in [-0.2, -0.15) is 4.98 Å². The summed E-state index contributed by atoms with van der Waals surface area (Å²) in [5.74, 6) is 2.30. The van der Waals surface area contributed by atoms with Crippen molar-refractivity contribution in [2.45, 2.75) is 27.7 Å². The topological polar surface area (TPSA) is 64.3 Å². The van der Waals surface area contributed by atoms with Gasteiger partial charge in [-0.1, -0.05) is 27.7 Å². The molecule has 0 saturated carbocycles. The number of anilines is 2. The van der Waals surface area contributed by atoms with Gasteiger partial charge in [0.15, 0.2) is 5.82 Å². The molecule has 0 aliphatic heterocycles. The van der Waals surface area contributed by atoms with E-state index in [-0.39, 0.29) is 0 Å². The van der Waals surface area contributed by atoms with Crippen LogP contribution in [0, 0.1) is 11.8 Å². The summed E-state index contributed by atoms with van der Waals surface area (Å²) < 4.78 is 5.14. The van der Waals surface area contributed by atoms with E-state index in [2.05, 4.69) is 42.6 Å². The van der Waals surface area contributed by atoms with Crippen molar-refractivity contribution in [3.05, 3.63) is 6.33 Å². The minimum Gasteiger partial charge on any atom is -0.479 e. The van der Waals surface area contributed by atoms with Crippen molar-refractivity contribution in [2.75, 3.05) is 30.8 Å². The van der Waals surface area contributed by atoms with Crippen molar-refractivity contribution in [2.24, 2.45) is 11.8 Å². The second kappa shape index (κ2) is 6.42. The molecule has 1 heterocycles. The van der Waals surface area contributed by atoms with Gasteiger partial charge in [-0.05, 0) is 11.8 Å². The van der Waals surface area contributed by atoms with Crippen molar-refractivity contribution in [1.82, 2.24) is 9.97 Å². The fourth-order valence-corrected chi connectivity index (χ4v) is 1.91. The Morgan fingerprint density at radius 1 is 1.17 bits per heavy atom. The lowest BCUT2D eigenvalue weighted by atomic mass is 10.1. The molecule has 1 rings (SSSR count). The van der Waals surface area contributed by atoms with Crippen LogP contribution in [0.4, 0.5) is 11.5 Å². The number of hydrogen-bond donors (Lipinski definition) is 1. The van der Waals surface area contributed by atoms with E-state index in [4.69, 9.17) is 10.5 Å². The maximum Gasteiger partial charge on any atom is 0.242 e. The summed E-state index contributed by atoms with van der Waals surface area (Å²) in [7, 11) is 1.57. The third-order valence-corrected chi connectivity index (χ3v) is 2.49. The summed E-state index contributed by atoms with van der Waals surface area (Å²) in [5.41, 5.74) is 6.57. The van der Waals surface area contributed by atoms with Gasteiger partial charge in [0.2, 0.25) is 5.88 Å². The predicted octanol–water partition coefficient (Wildman–Crippen LogP) is 2.19. The maximum atomic E-state index is 6.05. The molecule has 18 heavy (non-hydrogen) atoms. The number of nitrogens with two attached hydrogens (primary N) is 1. The zero-order chi connectivity index (χ0) is 13.7. The van der Waals surface area contributed by atoms with Gasteiger partial charge < -0.3 is 15.4 Å². The van der Waals surface area contributed by atoms with E-state index in [1.807, 2.05) is 0 Å². The number of nitrogen functional groups attached to an aromatic ring is 1. The van der Waals surface area contributed by atoms with E-state index in [9.17, 15) is 0 Å². The van der Waals surface area contributed by atoms with Crippen molar-refractivity contribution in [3.63, 3.8) is 0 Å². The van der Waals surface area contributed by atoms with Crippen LogP contribution < -0.4 is 15.4 Å². The van der Waals surface area contributed by atoms with Crippen LogP contribution in [-0.4, -0.2) is 30.2 Å². The molecule has 0 radical (unpaired) electrons. The first kappa shape index (κ1) is 14.5. The summed E-state index contributed by atoms with van der Waals surface area (Å²) in [6, 6.07) is 0. The van der Waals surface area contributed by atoms with E-state index in [1.165, 1.54) is 6.33 Å². The van der Waals surface area contributed by atoms with Gasteiger partial charge in [0, 0.05) is 13.1 Å². The fraction of sp³-hybridized carbons (Fsp3) is 0.692. The molecule has 2 N–H and O–H groups in total. The van der Waals surface area contributed by atoms with Gasteiger partial charge in [-0.25, -0.2) is 4.98 Å². The lowest BCUT2D eigenvalue weighted by Gasteiger charge is -2.28. The summed E-state index contributed by atoms with van der Waals surface area (Å²) >= 11 is 0. The number of ether oxygens (including phenoxy) is 1. The van der Waals surface area contributed by atoms with E-state index >= 15 is 0 Å². The molecule has 0 spiro atoms. The second-order valence-corrected chi connectivity index (χ2v) is 5.31. The Balaban J connectivity index is 3.03. The zero-order valence-electron chi connectivity index (χ0n) is 12.0. The van der Waals surface area contributed by atoms with Crippen LogP contribution in [0.5, 0.6) is 5.88 Å². The van der Waals surface area contributed by atoms with Gasteiger partial charge in [0.25, 0.3) is 0 Å². The summed E-state index contributed by atoms with van der Waals surface area (Å²) in [4.78, 5) is 10.5. The molecule has 0 amide bonds. The second-order valence-electron chi connectivity index (χ2n) is 5.31. The molecule has 0 aliphatic rings. The zero-order valence-corrected chi connectivity index (χ0v) is 12.0. The summed E-state index contributed by atoms with van der Waals surface area (Å²) in [6.45, 7) is 10.6. The van der Waals surface area contributed by atoms with Crippen LogP contribution in [0.15, 0.2) is 6.33 Å². The molecule has 0 saturated heterocycles. The average molecular weight is 252 g/mol. The highest BCUT2D eigenvalue weighted by Gasteiger charge is 2.17. The Hall–Kier alpha value is -1.52. The molecule has 5 nitrogen and oxygen atoms in total. The Labute approximate surface area is 109 Å². The first-order valence-corrected chi connectivity index (χ1v) is 6.35. The lowest BCUT2D eigenvalue weighted by Crippen LogP contribution is -2.32. The van der Waals surface area contributed by atoms with Crippen molar-refractivity contribution in [3.8, 4) is 5.88 Å². The van der Waals surface area contributed by atoms with E-state index in [0.29, 0.717) is 23.4 Å². The molecule has 0 aromatic carbocycles. The predicted molar refractivity (Wildman–Crippen MR) is 74.9 cm³/mol. The molecule has 102 valence electrons. The molecular formula is C13H24N4O. The molecule has 1 aromatic rings. The Kier molecular flexibility index (Phi) is 5.19. The average Bonchev–Trinajstić information content (AvgIpc) is 2.27. The summed E-state index contributed by atoms with van der Waals surface area (Å²) in [6.07, 6.45) is 1.50. The van der Waals surface area contributed by atoms with Gasteiger partial charge in [0.1, 0.15) is 12.0 Å². The van der Waals surface area contributed by atoms with Crippen LogP contribution in [0.2, 0.25) is 0 Å². The van der Waals surface area contributed by atoms with Crippen molar-refractivity contribution >= 4 is 11.5 Å². The van der Waals surface area contributed by atoms with Crippen LogP contribution in [-0.2, 0) is 0 Å². The largest absolute Gasteiger partial charge is 0.479 e. The third-order valence-electron chi connectivity index (χ3n) is 2.49. The van der Waals surface area contributed by atoms with Crippen LogP contribution in [0.1, 0.15) is 27.7 Å². The number of hydrogen-bond acceptors (Lipinski definition) is 5. The van der Waals surface area contributed by atoms with E-state index in [1.54, 1.807) is 7.11 Å². The molecule has 5 heteroatoms. The van der Waals surface area contributed by atoms with Gasteiger partial charge >= 0.3 is 0 Å². The molecule has 1 aromatic heterocycles. The smallest absolute Gasteiger partial charge is 0.242 e. The van der Waals surface area contributed by atoms with Crippen LogP contribution in [0.25, 0.3) is 0 Å². The number of nitrogens with zero attached hydrogens (tertiary/aromatic N) is 3. The van der Waals surface area contributed by atoms with Crippen LogP contribution in [0.3, 0.4) is 0 Å². The van der Waals surface area contributed by atoms with Crippen molar-refractivity contribution in [1.29, 1.82) is 0 Å². The SMILES string of the molecule is COc1ncnc(N(CC(C)C)CC(C)C)c1N. The minimum absolute atomic E-state index is 0.442. The Bertz CT molecular complexity index is 369. The van der Waals surface area contributed by atoms with E-state index in [0.717, 1.165) is 18.9 Å². The minimum atomic E-state index is 0.442. The first-order valence-electron chi connectivity index (χ1n) is 6.35. The highest BCUT2D eigenvalue weighted by Crippen LogP contribution is 2.28. The summed E-state index contributed by atoms with van der Waals surface area (Å²) in [5, 5.41) is 0. The van der Waals surface area contributed by atoms with Gasteiger partial charge in [0.05, 0.1) is 7.11 Å². The van der Waals surface area contributed by atoms with Crippen LogP contribution >= 0.6 is 0 Å². The quantitative estimate of drug-likeness (QED) is 0.840. The highest BCUT2D eigenvalue weighted by molar-refractivity contribution is 5.67. The molecule has 0 fully saturated rings. The fourth-order valence-electron chi connectivity index (χ4n) is 1.91. The molecule has 0 atom stereocenters. The Morgan fingerprint density at radius 2 is 1.72 bits per heavy atom. The Morgan fingerprint density at radius 3 is 2.17 bits per heavy atom. The number of rotatable bonds is 6. The van der Waals surface area contributed by atoms with Gasteiger partial charge in [-0.3, -0.25) is 0 Å². The number of aromatic nitrogens is 2. The monoisotopic (exact) mass is 252 g/mol. The maximum absolute atomic E-state index is 6.05. The molecule has 0 aliphatic carbocycles. The molecular weight excluding hydrogens is 228 g/mol. The normalized spacial score (nSPS) is 11.1. The lowest BCUT2D eigenvalue weighted by molar-refractivity contribution is 0.399. The molecule has 0 unspecified atom stereocenters. The number of methoxy groups -OCH3 is 1. The standard InChI is InChI=1S/C13H24N4O/c1-9(2)6-17(7-10(3)4)12-11(14)13(18-5)16-8-15-12/h8-10H,6-7,14H2,1-5H3. The van der Waals surface area contributed by atoms with E-state index < -0.39 is 0 Å².